The molecule has 0 saturated carbocycles. The molecule has 0 N–H and O–H groups in total. The summed E-state index contributed by atoms with van der Waals surface area (Å²) in [6, 6.07) is 0.166. The number of fused-ring (bicyclic) bond motifs is 1. The average molecular weight is 192 g/mol. The number of hydrogen-bond acceptors (Lipinski definition) is 2. The number of likely N-dealkylation sites (tertiary alicyclic amines) is 1. The van der Waals surface area contributed by atoms with Crippen molar-refractivity contribution in [1.29, 1.82) is 0 Å². The highest BCUT2D eigenvalue weighted by molar-refractivity contribution is 5.69. The molecule has 1 saturated heterocycles. The van der Waals surface area contributed by atoms with Crippen molar-refractivity contribution in [2.75, 3.05) is 13.2 Å². The lowest BCUT2D eigenvalue weighted by Crippen LogP contribution is -2.37. The molecule has 14 heavy (non-hydrogen) atoms. The van der Waals surface area contributed by atoms with Crippen LogP contribution in [0.15, 0.2) is 18.2 Å². The van der Waals surface area contributed by atoms with E-state index in [4.69, 9.17) is 4.74 Å². The van der Waals surface area contributed by atoms with Gasteiger partial charge in [-0.25, -0.2) is 4.79 Å². The van der Waals surface area contributed by atoms with Crippen molar-refractivity contribution in [2.45, 2.75) is 19.4 Å². The van der Waals surface area contributed by atoms with Crippen molar-refractivity contribution in [1.82, 2.24) is 4.90 Å². The summed E-state index contributed by atoms with van der Waals surface area (Å²) in [4.78, 5) is 13.3. The van der Waals surface area contributed by atoms with Gasteiger partial charge in [0.2, 0.25) is 0 Å². The molecule has 2 rings (SSSR count). The Morgan fingerprint density at radius 3 is 3.36 bits per heavy atom. The fourth-order valence-corrected chi connectivity index (χ4v) is 2.00. The van der Waals surface area contributed by atoms with Gasteiger partial charge in [-0.2, -0.15) is 0 Å². The summed E-state index contributed by atoms with van der Waals surface area (Å²) in [6.07, 6.45) is 9.95. The van der Waals surface area contributed by atoms with Crippen LogP contribution in [-0.2, 0) is 4.74 Å². The largest absolute Gasteiger partial charge is 0.450 e. The highest BCUT2D eigenvalue weighted by Crippen LogP contribution is 2.28. The summed E-state index contributed by atoms with van der Waals surface area (Å²) < 4.78 is 4.99. The fraction of sp³-hybridized carbons (Fsp3) is 0.545. The Bertz CT molecular complexity index is 283. The molecule has 2 atom stereocenters. The van der Waals surface area contributed by atoms with Crippen LogP contribution in [0.4, 0.5) is 4.79 Å². The van der Waals surface area contributed by atoms with Crippen molar-refractivity contribution in [3.8, 4) is 0 Å². The van der Waals surface area contributed by atoms with Crippen molar-refractivity contribution < 1.29 is 9.53 Å². The van der Waals surface area contributed by atoms with Gasteiger partial charge in [-0.15, -0.1) is 0 Å². The molecule has 2 aliphatic rings. The number of allylic oxidation sites excluding steroid dienone is 2. The number of amides is 1. The first-order valence-electron chi connectivity index (χ1n) is 5.02. The predicted octanol–water partition coefficient (Wildman–Crippen LogP) is 1.76. The topological polar surface area (TPSA) is 29.5 Å². The number of ether oxygens (including phenoxy) is 1. The molecule has 1 heterocycles. The van der Waals surface area contributed by atoms with E-state index in [0.29, 0.717) is 12.5 Å². The van der Waals surface area contributed by atoms with E-state index in [1.54, 1.807) is 4.90 Å². The van der Waals surface area contributed by atoms with Crippen LogP contribution in [0.25, 0.3) is 0 Å². The summed E-state index contributed by atoms with van der Waals surface area (Å²) >= 11 is 0. The Labute approximate surface area is 84.0 Å². The van der Waals surface area contributed by atoms with E-state index in [1.165, 1.54) is 0 Å². The van der Waals surface area contributed by atoms with Gasteiger partial charge in [0.05, 0.1) is 12.6 Å². The Kier molecular flexibility index (Phi) is 2.57. The molecular formula is C11H14NO2. The second-order valence-corrected chi connectivity index (χ2v) is 3.50. The summed E-state index contributed by atoms with van der Waals surface area (Å²) in [5, 5.41) is 0. The van der Waals surface area contributed by atoms with E-state index in [1.807, 2.05) is 25.2 Å². The van der Waals surface area contributed by atoms with Crippen molar-refractivity contribution in [3.05, 3.63) is 24.3 Å². The maximum atomic E-state index is 11.5. The van der Waals surface area contributed by atoms with Crippen LogP contribution >= 0.6 is 0 Å². The SMILES string of the molecule is CCOC(=O)N1CCC2[C]=CC=CC21. The molecule has 0 spiro atoms. The van der Waals surface area contributed by atoms with Crippen LogP contribution in [0.1, 0.15) is 13.3 Å². The van der Waals surface area contributed by atoms with Gasteiger partial charge in [0.15, 0.2) is 0 Å². The van der Waals surface area contributed by atoms with E-state index >= 15 is 0 Å². The van der Waals surface area contributed by atoms with E-state index in [0.717, 1.165) is 13.0 Å². The van der Waals surface area contributed by atoms with E-state index in [2.05, 4.69) is 6.08 Å². The highest BCUT2D eigenvalue weighted by Gasteiger charge is 2.35. The maximum Gasteiger partial charge on any atom is 0.410 e. The Balaban J connectivity index is 2.05. The molecule has 1 amide bonds. The first-order chi connectivity index (χ1) is 6.83. The number of carbonyl (C=O) groups excluding carboxylic acids is 1. The quantitative estimate of drug-likeness (QED) is 0.633. The minimum Gasteiger partial charge on any atom is -0.450 e. The highest BCUT2D eigenvalue weighted by atomic mass is 16.6. The van der Waals surface area contributed by atoms with E-state index in [-0.39, 0.29) is 12.1 Å². The molecule has 1 aliphatic heterocycles. The van der Waals surface area contributed by atoms with Gasteiger partial charge in [-0.1, -0.05) is 18.2 Å². The van der Waals surface area contributed by atoms with Crippen LogP contribution in [0.3, 0.4) is 0 Å². The van der Waals surface area contributed by atoms with Gasteiger partial charge in [-0.05, 0) is 19.4 Å². The van der Waals surface area contributed by atoms with E-state index < -0.39 is 0 Å². The second-order valence-electron chi connectivity index (χ2n) is 3.50. The molecule has 0 aromatic rings. The molecule has 0 bridgehead atoms. The number of carbonyl (C=O) groups is 1. The van der Waals surface area contributed by atoms with Gasteiger partial charge in [0, 0.05) is 12.5 Å². The molecule has 1 radical (unpaired) electrons. The van der Waals surface area contributed by atoms with Gasteiger partial charge in [0.1, 0.15) is 0 Å². The first-order valence-corrected chi connectivity index (χ1v) is 5.02. The summed E-state index contributed by atoms with van der Waals surface area (Å²) in [5.74, 6) is 0.365. The van der Waals surface area contributed by atoms with E-state index in [9.17, 15) is 4.79 Å². The molecule has 3 nitrogen and oxygen atoms in total. The van der Waals surface area contributed by atoms with Crippen molar-refractivity contribution >= 4 is 6.09 Å². The van der Waals surface area contributed by atoms with Crippen LogP contribution in [0.5, 0.6) is 0 Å². The zero-order chi connectivity index (χ0) is 9.97. The molecular weight excluding hydrogens is 178 g/mol. The van der Waals surface area contributed by atoms with Gasteiger partial charge in [-0.3, -0.25) is 0 Å². The van der Waals surface area contributed by atoms with Crippen LogP contribution in [-0.4, -0.2) is 30.2 Å². The van der Waals surface area contributed by atoms with Crippen LogP contribution in [0.2, 0.25) is 0 Å². The minimum atomic E-state index is -0.201. The first kappa shape index (κ1) is 9.31. The van der Waals surface area contributed by atoms with Crippen LogP contribution < -0.4 is 0 Å². The van der Waals surface area contributed by atoms with Crippen LogP contribution in [0, 0.1) is 12.0 Å². The van der Waals surface area contributed by atoms with Gasteiger partial charge >= 0.3 is 6.09 Å². The lowest BCUT2D eigenvalue weighted by atomic mass is 9.96. The summed E-state index contributed by atoms with van der Waals surface area (Å²) in [5.41, 5.74) is 0. The smallest absolute Gasteiger partial charge is 0.410 e. The second kappa shape index (κ2) is 3.86. The monoisotopic (exact) mass is 192 g/mol. The Morgan fingerprint density at radius 2 is 2.57 bits per heavy atom. The molecule has 75 valence electrons. The Hall–Kier alpha value is -1.25. The summed E-state index contributed by atoms with van der Waals surface area (Å²) in [7, 11) is 0. The third kappa shape index (κ3) is 1.54. The standard InChI is InChI=1S/C11H14NO2/c1-2-14-11(13)12-8-7-9-5-3-4-6-10(9)12/h3-4,6,9-10H,2,7-8H2,1H3. The Morgan fingerprint density at radius 1 is 1.71 bits per heavy atom. The lowest BCUT2D eigenvalue weighted by molar-refractivity contribution is 0.107. The molecule has 2 unspecified atom stereocenters. The molecule has 3 heteroatoms. The summed E-state index contributed by atoms with van der Waals surface area (Å²) in [6.45, 7) is 3.05. The van der Waals surface area contributed by atoms with Gasteiger partial charge in [0.25, 0.3) is 0 Å². The minimum absolute atomic E-state index is 0.166. The third-order valence-corrected chi connectivity index (χ3v) is 2.67. The number of rotatable bonds is 1. The zero-order valence-electron chi connectivity index (χ0n) is 8.27. The number of hydrogen-bond donors (Lipinski definition) is 0. The maximum absolute atomic E-state index is 11.5. The number of nitrogens with zero attached hydrogens (tertiary/aromatic N) is 1. The average Bonchev–Trinajstić information content (AvgIpc) is 2.61. The molecule has 0 aromatic carbocycles. The molecule has 1 aliphatic carbocycles. The predicted molar refractivity (Wildman–Crippen MR) is 52.6 cm³/mol. The third-order valence-electron chi connectivity index (χ3n) is 2.67. The molecule has 1 fully saturated rings. The zero-order valence-corrected chi connectivity index (χ0v) is 8.27. The van der Waals surface area contributed by atoms with Gasteiger partial charge < -0.3 is 9.64 Å². The molecule has 0 aromatic heterocycles. The lowest BCUT2D eigenvalue weighted by Gasteiger charge is -2.24. The van der Waals surface area contributed by atoms with Crippen molar-refractivity contribution in [2.24, 2.45) is 5.92 Å². The fourth-order valence-electron chi connectivity index (χ4n) is 2.00. The van der Waals surface area contributed by atoms with Crippen molar-refractivity contribution in [3.63, 3.8) is 0 Å². The normalized spacial score (nSPS) is 29.1.